The van der Waals surface area contributed by atoms with Gasteiger partial charge < -0.3 is 4.90 Å². The van der Waals surface area contributed by atoms with Gasteiger partial charge in [0.2, 0.25) is 4.96 Å². The standard InChI is InChI=1S/C20H21N5S.ClH/c1-4-17(14-8-6-5-7-9-14)19-23-25-18(21-22-20(25)26-19)15-10-12-16(13-11-15)24(2)3;/h5-13,17H,4H2,1-3H3;1H. The Labute approximate surface area is 169 Å². The van der Waals surface area contributed by atoms with Gasteiger partial charge in [0.15, 0.2) is 5.82 Å². The van der Waals surface area contributed by atoms with Crippen LogP contribution in [0.2, 0.25) is 0 Å². The van der Waals surface area contributed by atoms with Crippen LogP contribution in [0.5, 0.6) is 0 Å². The van der Waals surface area contributed by atoms with Crippen molar-refractivity contribution in [3.8, 4) is 11.4 Å². The summed E-state index contributed by atoms with van der Waals surface area (Å²) >= 11 is 1.62. The Hall–Kier alpha value is -2.44. The van der Waals surface area contributed by atoms with Crippen LogP contribution in [0.3, 0.4) is 0 Å². The Morgan fingerprint density at radius 3 is 2.33 bits per heavy atom. The molecule has 0 spiro atoms. The minimum Gasteiger partial charge on any atom is -0.378 e. The highest BCUT2D eigenvalue weighted by Gasteiger charge is 2.20. The summed E-state index contributed by atoms with van der Waals surface area (Å²) in [6.45, 7) is 2.20. The van der Waals surface area contributed by atoms with E-state index in [4.69, 9.17) is 5.10 Å². The molecule has 140 valence electrons. The zero-order chi connectivity index (χ0) is 18.1. The normalized spacial score (nSPS) is 12.0. The first-order chi connectivity index (χ1) is 12.7. The molecule has 0 fully saturated rings. The van der Waals surface area contributed by atoms with Crippen LogP contribution in [-0.2, 0) is 0 Å². The van der Waals surface area contributed by atoms with E-state index in [2.05, 4.69) is 70.6 Å². The maximum atomic E-state index is 4.85. The van der Waals surface area contributed by atoms with E-state index < -0.39 is 0 Å². The van der Waals surface area contributed by atoms with Crippen molar-refractivity contribution in [2.45, 2.75) is 19.3 Å². The maximum absolute atomic E-state index is 4.85. The fourth-order valence-corrected chi connectivity index (χ4v) is 4.15. The Morgan fingerprint density at radius 2 is 1.70 bits per heavy atom. The largest absolute Gasteiger partial charge is 0.378 e. The van der Waals surface area contributed by atoms with Gasteiger partial charge in [0, 0.05) is 31.3 Å². The molecular formula is C20H22ClN5S. The van der Waals surface area contributed by atoms with Crippen LogP contribution in [0.1, 0.15) is 29.8 Å². The SMILES string of the molecule is CCC(c1ccccc1)c1nn2c(-c3ccc(N(C)C)cc3)nnc2s1.Cl. The predicted octanol–water partition coefficient (Wildman–Crippen LogP) is 4.88. The Balaban J connectivity index is 0.00000210. The molecule has 0 saturated heterocycles. The minimum absolute atomic E-state index is 0. The van der Waals surface area contributed by atoms with Crippen molar-refractivity contribution >= 4 is 34.4 Å². The summed E-state index contributed by atoms with van der Waals surface area (Å²) in [5.41, 5.74) is 3.47. The van der Waals surface area contributed by atoms with E-state index >= 15 is 0 Å². The summed E-state index contributed by atoms with van der Waals surface area (Å²) in [6.07, 6.45) is 1.00. The molecule has 2 aromatic heterocycles. The third-order valence-corrected chi connectivity index (χ3v) is 5.57. The Kier molecular flexibility index (Phi) is 5.77. The summed E-state index contributed by atoms with van der Waals surface area (Å²) in [5.74, 6) is 1.07. The van der Waals surface area contributed by atoms with Crippen LogP contribution in [0.25, 0.3) is 16.3 Å². The van der Waals surface area contributed by atoms with Crippen LogP contribution >= 0.6 is 23.7 Å². The molecule has 0 aliphatic carbocycles. The molecule has 1 atom stereocenters. The van der Waals surface area contributed by atoms with Gasteiger partial charge in [0.05, 0.1) is 0 Å². The average Bonchev–Trinajstić information content (AvgIpc) is 3.24. The third-order valence-electron chi connectivity index (χ3n) is 4.56. The lowest BCUT2D eigenvalue weighted by molar-refractivity contribution is 0.743. The van der Waals surface area contributed by atoms with E-state index in [1.54, 1.807) is 11.3 Å². The first kappa shape index (κ1) is 19.3. The fourth-order valence-electron chi connectivity index (χ4n) is 3.10. The second-order valence-electron chi connectivity index (χ2n) is 6.47. The highest BCUT2D eigenvalue weighted by atomic mass is 35.5. The molecular weight excluding hydrogens is 378 g/mol. The van der Waals surface area contributed by atoms with Gasteiger partial charge in [-0.2, -0.15) is 9.61 Å². The first-order valence-electron chi connectivity index (χ1n) is 8.72. The molecule has 5 nitrogen and oxygen atoms in total. The molecule has 2 heterocycles. The molecule has 0 bridgehead atoms. The van der Waals surface area contributed by atoms with E-state index in [0.29, 0.717) is 0 Å². The molecule has 2 aromatic carbocycles. The van der Waals surface area contributed by atoms with Crippen LogP contribution in [-0.4, -0.2) is 33.9 Å². The summed E-state index contributed by atoms with van der Waals surface area (Å²) in [4.78, 5) is 2.91. The van der Waals surface area contributed by atoms with Gasteiger partial charge in [-0.1, -0.05) is 48.6 Å². The molecule has 7 heteroatoms. The summed E-state index contributed by atoms with van der Waals surface area (Å²) in [6, 6.07) is 18.8. The molecule has 0 aliphatic heterocycles. The van der Waals surface area contributed by atoms with Gasteiger partial charge in [-0.3, -0.25) is 0 Å². The Bertz CT molecular complexity index is 1010. The van der Waals surface area contributed by atoms with Crippen LogP contribution < -0.4 is 4.90 Å². The zero-order valence-electron chi connectivity index (χ0n) is 15.5. The zero-order valence-corrected chi connectivity index (χ0v) is 17.2. The summed E-state index contributed by atoms with van der Waals surface area (Å²) in [7, 11) is 4.07. The van der Waals surface area contributed by atoms with Gasteiger partial charge in [0.25, 0.3) is 0 Å². The minimum atomic E-state index is 0. The number of halogens is 1. The molecule has 4 rings (SSSR count). The summed E-state index contributed by atoms with van der Waals surface area (Å²) < 4.78 is 1.87. The molecule has 1 unspecified atom stereocenters. The average molecular weight is 400 g/mol. The number of hydrogen-bond donors (Lipinski definition) is 0. The second kappa shape index (κ2) is 8.06. The van der Waals surface area contributed by atoms with Crippen molar-refractivity contribution in [2.24, 2.45) is 0 Å². The summed E-state index contributed by atoms with van der Waals surface area (Å²) in [5, 5.41) is 14.6. The molecule has 0 N–H and O–H groups in total. The third kappa shape index (κ3) is 3.68. The van der Waals surface area contributed by atoms with E-state index in [-0.39, 0.29) is 18.3 Å². The lowest BCUT2D eigenvalue weighted by Crippen LogP contribution is -2.08. The number of hydrogen-bond acceptors (Lipinski definition) is 5. The number of nitrogens with zero attached hydrogens (tertiary/aromatic N) is 5. The van der Waals surface area contributed by atoms with Gasteiger partial charge in [-0.25, -0.2) is 0 Å². The highest BCUT2D eigenvalue weighted by molar-refractivity contribution is 7.16. The van der Waals surface area contributed by atoms with Crippen molar-refractivity contribution in [1.29, 1.82) is 0 Å². The molecule has 0 radical (unpaired) electrons. The Morgan fingerprint density at radius 1 is 1.00 bits per heavy atom. The number of anilines is 1. The van der Waals surface area contributed by atoms with E-state index in [1.807, 2.05) is 24.7 Å². The van der Waals surface area contributed by atoms with Crippen molar-refractivity contribution in [3.05, 3.63) is 65.2 Å². The number of benzene rings is 2. The van der Waals surface area contributed by atoms with Gasteiger partial charge in [0.1, 0.15) is 5.01 Å². The number of aromatic nitrogens is 4. The van der Waals surface area contributed by atoms with Gasteiger partial charge >= 0.3 is 0 Å². The quantitative estimate of drug-likeness (QED) is 0.479. The first-order valence-corrected chi connectivity index (χ1v) is 9.54. The lowest BCUT2D eigenvalue weighted by atomic mass is 9.97. The monoisotopic (exact) mass is 399 g/mol. The van der Waals surface area contributed by atoms with E-state index in [1.165, 1.54) is 5.56 Å². The lowest BCUT2D eigenvalue weighted by Gasteiger charge is -2.12. The van der Waals surface area contributed by atoms with Gasteiger partial charge in [-0.05, 0) is 36.2 Å². The van der Waals surface area contributed by atoms with Crippen molar-refractivity contribution in [1.82, 2.24) is 19.8 Å². The predicted molar refractivity (Wildman–Crippen MR) is 114 cm³/mol. The molecule has 4 aromatic rings. The smallest absolute Gasteiger partial charge is 0.234 e. The van der Waals surface area contributed by atoms with Crippen molar-refractivity contribution in [3.63, 3.8) is 0 Å². The van der Waals surface area contributed by atoms with Crippen molar-refractivity contribution < 1.29 is 0 Å². The van der Waals surface area contributed by atoms with Crippen LogP contribution in [0.4, 0.5) is 5.69 Å². The van der Waals surface area contributed by atoms with Crippen molar-refractivity contribution in [2.75, 3.05) is 19.0 Å². The molecule has 0 aliphatic rings. The van der Waals surface area contributed by atoms with E-state index in [0.717, 1.165) is 33.5 Å². The number of rotatable bonds is 5. The molecule has 0 amide bonds. The van der Waals surface area contributed by atoms with Crippen LogP contribution in [0.15, 0.2) is 54.6 Å². The number of fused-ring (bicyclic) bond motifs is 1. The van der Waals surface area contributed by atoms with E-state index in [9.17, 15) is 0 Å². The molecule has 27 heavy (non-hydrogen) atoms. The highest BCUT2D eigenvalue weighted by Crippen LogP contribution is 2.32. The topological polar surface area (TPSA) is 46.3 Å². The maximum Gasteiger partial charge on any atom is 0.234 e. The molecule has 0 saturated carbocycles. The van der Waals surface area contributed by atoms with Crippen LogP contribution in [0, 0.1) is 0 Å². The fraction of sp³-hybridized carbons (Fsp3) is 0.250. The van der Waals surface area contributed by atoms with Gasteiger partial charge in [-0.15, -0.1) is 22.6 Å². The second-order valence-corrected chi connectivity index (χ2v) is 7.46.